The van der Waals surface area contributed by atoms with Crippen LogP contribution in [-0.4, -0.2) is 84.5 Å². The first-order chi connectivity index (χ1) is 28.1. The van der Waals surface area contributed by atoms with Crippen LogP contribution in [0.4, 0.5) is 15.3 Å². The summed E-state index contributed by atoms with van der Waals surface area (Å²) in [5.74, 6) is -0.0806. The van der Waals surface area contributed by atoms with Gasteiger partial charge in [-0.2, -0.15) is 5.21 Å². The van der Waals surface area contributed by atoms with E-state index in [0.29, 0.717) is 44.0 Å². The quantitative estimate of drug-likeness (QED) is 0.0884. The van der Waals surface area contributed by atoms with Crippen molar-refractivity contribution in [2.75, 3.05) is 18.4 Å². The zero-order valence-corrected chi connectivity index (χ0v) is 34.5. The SMILES string of the molecule is CC(C)(C)OC(=O)NCCn1cnc2cc(-c3ccc(CC(NC(=O)C4CCC(CNC(=O)OC(C)(C)C)CC4)C(=O)Nc4ccc(-c5nn[nH]n5)cc4)cc3)ccc21. The number of nitrogens with zero attached hydrogens (tertiary/aromatic N) is 5. The fraction of sp³-hybridized carbons (Fsp3) is 0.442. The highest BCUT2D eigenvalue weighted by Gasteiger charge is 2.30. The molecular formula is C43H54N10O6. The van der Waals surface area contributed by atoms with E-state index >= 15 is 0 Å². The van der Waals surface area contributed by atoms with Crippen LogP contribution >= 0.6 is 0 Å². The molecule has 2 heterocycles. The molecule has 59 heavy (non-hydrogen) atoms. The first-order valence-corrected chi connectivity index (χ1v) is 20.0. The van der Waals surface area contributed by atoms with Crippen molar-refractivity contribution >= 4 is 40.7 Å². The second-order valence-corrected chi connectivity index (χ2v) is 16.9. The number of tetrazole rings is 1. The molecule has 16 heteroatoms. The van der Waals surface area contributed by atoms with Gasteiger partial charge in [-0.05, 0) is 131 Å². The maximum atomic E-state index is 13.9. The van der Waals surface area contributed by atoms with Crippen LogP contribution < -0.4 is 21.3 Å². The average Bonchev–Trinajstić information content (AvgIpc) is 3.87. The summed E-state index contributed by atoms with van der Waals surface area (Å²) in [5.41, 5.74) is 4.75. The lowest BCUT2D eigenvalue weighted by Gasteiger charge is -2.29. The Balaban J connectivity index is 1.09. The number of hydrogen-bond acceptors (Lipinski definition) is 10. The van der Waals surface area contributed by atoms with Crippen LogP contribution in [-0.2, 0) is 32.0 Å². The lowest BCUT2D eigenvalue weighted by Crippen LogP contribution is -2.48. The standard InChI is InChI=1S/C43H54N10O6/c1-42(2,3)58-40(56)44-21-22-53-26-46-34-24-32(17-20-36(34)53)29-11-7-27(8-12-29)23-35(39(55)47-33-18-15-30(16-19-33)37-49-51-52-50-37)48-38(54)31-13-9-28(10-14-31)25-45-41(57)59-43(4,5)6/h7-8,11-12,15-20,24,26,28,31,35H,9-10,13-14,21-23,25H2,1-6H3,(H,44,56)(H,45,57)(H,47,55)(H,48,54)(H,49,50,51,52). The van der Waals surface area contributed by atoms with Gasteiger partial charge in [0.05, 0.1) is 17.4 Å². The number of alkyl carbamates (subject to hydrolysis) is 2. The molecule has 0 radical (unpaired) electrons. The second-order valence-electron chi connectivity index (χ2n) is 16.9. The Kier molecular flexibility index (Phi) is 13.3. The molecule has 5 aromatic rings. The first kappa shape index (κ1) is 42.3. The highest BCUT2D eigenvalue weighted by atomic mass is 16.6. The average molecular weight is 807 g/mol. The van der Waals surface area contributed by atoms with Crippen molar-refractivity contribution in [1.29, 1.82) is 0 Å². The number of fused-ring (bicyclic) bond motifs is 1. The number of aromatic nitrogens is 6. The summed E-state index contributed by atoms with van der Waals surface area (Å²) in [6.45, 7) is 12.4. The minimum Gasteiger partial charge on any atom is -0.444 e. The topological polar surface area (TPSA) is 207 Å². The predicted molar refractivity (Wildman–Crippen MR) is 223 cm³/mol. The van der Waals surface area contributed by atoms with Gasteiger partial charge in [0.15, 0.2) is 0 Å². The molecule has 0 spiro atoms. The van der Waals surface area contributed by atoms with E-state index < -0.39 is 29.4 Å². The number of carbonyl (C=O) groups excluding carboxylic acids is 4. The number of hydrogen-bond donors (Lipinski definition) is 5. The summed E-state index contributed by atoms with van der Waals surface area (Å²) in [7, 11) is 0. The molecule has 0 bridgehead atoms. The third kappa shape index (κ3) is 12.3. The normalized spacial score (nSPS) is 16.2. The van der Waals surface area contributed by atoms with E-state index in [4.69, 9.17) is 9.47 Å². The Bertz CT molecular complexity index is 2200. The fourth-order valence-corrected chi connectivity index (χ4v) is 6.97. The highest BCUT2D eigenvalue weighted by molar-refractivity contribution is 5.98. The number of imidazole rings is 1. The zero-order valence-electron chi connectivity index (χ0n) is 34.5. The maximum absolute atomic E-state index is 13.9. The summed E-state index contributed by atoms with van der Waals surface area (Å²) >= 11 is 0. The van der Waals surface area contributed by atoms with Crippen molar-refractivity contribution in [2.24, 2.45) is 11.8 Å². The molecule has 0 saturated heterocycles. The van der Waals surface area contributed by atoms with E-state index in [9.17, 15) is 19.2 Å². The minimum absolute atomic E-state index is 0.166. The van der Waals surface area contributed by atoms with E-state index in [2.05, 4.69) is 46.9 Å². The van der Waals surface area contributed by atoms with E-state index in [0.717, 1.165) is 46.1 Å². The highest BCUT2D eigenvalue weighted by Crippen LogP contribution is 2.29. The van der Waals surface area contributed by atoms with E-state index in [1.807, 2.05) is 88.6 Å². The predicted octanol–water partition coefficient (Wildman–Crippen LogP) is 6.41. The smallest absolute Gasteiger partial charge is 0.407 e. The van der Waals surface area contributed by atoms with Crippen LogP contribution in [0.1, 0.15) is 72.8 Å². The van der Waals surface area contributed by atoms with Crippen LogP contribution in [0.3, 0.4) is 0 Å². The van der Waals surface area contributed by atoms with E-state index in [1.54, 1.807) is 30.6 Å². The van der Waals surface area contributed by atoms with Crippen molar-refractivity contribution in [3.8, 4) is 22.5 Å². The van der Waals surface area contributed by atoms with Crippen molar-refractivity contribution in [3.05, 3.63) is 78.6 Å². The Morgan fingerprint density at radius 2 is 1.46 bits per heavy atom. The number of H-pyrrole nitrogens is 1. The number of aromatic amines is 1. The Morgan fingerprint density at radius 1 is 0.814 bits per heavy atom. The number of ether oxygens (including phenoxy) is 2. The summed E-state index contributed by atoms with van der Waals surface area (Å²) in [6.07, 6.45) is 3.98. The van der Waals surface area contributed by atoms with Crippen molar-refractivity contribution < 1.29 is 28.7 Å². The number of anilines is 1. The third-order valence-electron chi connectivity index (χ3n) is 9.91. The molecule has 3 aromatic carbocycles. The zero-order chi connectivity index (χ0) is 42.2. The van der Waals surface area contributed by atoms with Gasteiger partial charge in [-0.25, -0.2) is 14.6 Å². The van der Waals surface area contributed by atoms with Gasteiger partial charge in [-0.1, -0.05) is 30.3 Å². The van der Waals surface area contributed by atoms with Crippen LogP contribution in [0.5, 0.6) is 0 Å². The van der Waals surface area contributed by atoms with Gasteiger partial charge in [0.2, 0.25) is 17.6 Å². The second kappa shape index (κ2) is 18.5. The Labute approximate surface area is 343 Å². The van der Waals surface area contributed by atoms with Crippen LogP contribution in [0.15, 0.2) is 73.1 Å². The minimum atomic E-state index is -0.845. The third-order valence-corrected chi connectivity index (χ3v) is 9.91. The maximum Gasteiger partial charge on any atom is 0.407 e. The molecule has 1 aliphatic carbocycles. The van der Waals surface area contributed by atoms with Crippen molar-refractivity contribution in [1.82, 2.24) is 46.1 Å². The molecule has 1 atom stereocenters. The number of rotatable bonds is 13. The number of benzene rings is 3. The van der Waals surface area contributed by atoms with Crippen LogP contribution in [0, 0.1) is 11.8 Å². The molecule has 16 nitrogen and oxygen atoms in total. The molecule has 1 aliphatic rings. The first-order valence-electron chi connectivity index (χ1n) is 20.0. The van der Waals surface area contributed by atoms with Gasteiger partial charge in [0, 0.05) is 43.2 Å². The Morgan fingerprint density at radius 3 is 2.10 bits per heavy atom. The van der Waals surface area contributed by atoms with Gasteiger partial charge in [0.1, 0.15) is 17.2 Å². The monoisotopic (exact) mass is 806 g/mol. The molecule has 6 rings (SSSR count). The summed E-state index contributed by atoms with van der Waals surface area (Å²) in [4.78, 5) is 56.4. The van der Waals surface area contributed by atoms with Crippen LogP contribution in [0.25, 0.3) is 33.5 Å². The molecule has 1 saturated carbocycles. The van der Waals surface area contributed by atoms with Gasteiger partial charge < -0.3 is 35.3 Å². The van der Waals surface area contributed by atoms with Crippen molar-refractivity contribution in [3.63, 3.8) is 0 Å². The van der Waals surface area contributed by atoms with Gasteiger partial charge in [-0.15, -0.1) is 10.2 Å². The molecule has 2 aromatic heterocycles. The molecule has 1 unspecified atom stereocenters. The molecule has 0 aliphatic heterocycles. The number of amides is 4. The Hall–Kier alpha value is -6.32. The van der Waals surface area contributed by atoms with Crippen molar-refractivity contribution in [2.45, 2.75) is 97.4 Å². The fourth-order valence-electron chi connectivity index (χ4n) is 6.97. The molecule has 5 N–H and O–H groups in total. The lowest BCUT2D eigenvalue weighted by atomic mass is 9.81. The van der Waals surface area contributed by atoms with Gasteiger partial charge in [-0.3, -0.25) is 9.59 Å². The summed E-state index contributed by atoms with van der Waals surface area (Å²) in [5, 5.41) is 25.7. The molecule has 4 amide bonds. The molecular weight excluding hydrogens is 753 g/mol. The van der Waals surface area contributed by atoms with Crippen LogP contribution in [0.2, 0.25) is 0 Å². The number of carbonyl (C=O) groups is 4. The molecule has 312 valence electrons. The largest absolute Gasteiger partial charge is 0.444 e. The molecule has 1 fully saturated rings. The van der Waals surface area contributed by atoms with E-state index in [1.165, 1.54) is 0 Å². The number of nitrogens with one attached hydrogen (secondary N) is 5. The summed E-state index contributed by atoms with van der Waals surface area (Å²) in [6, 6.07) is 20.2. The van der Waals surface area contributed by atoms with E-state index in [-0.39, 0.29) is 30.1 Å². The lowest BCUT2D eigenvalue weighted by molar-refractivity contribution is -0.130. The van der Waals surface area contributed by atoms with Gasteiger partial charge in [0.25, 0.3) is 0 Å². The van der Waals surface area contributed by atoms with Gasteiger partial charge >= 0.3 is 12.2 Å². The summed E-state index contributed by atoms with van der Waals surface area (Å²) < 4.78 is 12.7.